The SMILES string of the molecule is CCCOC1CCCN(CC(O)c2ccc(N)cc2)C1. The Hall–Kier alpha value is -1.10. The molecular weight excluding hydrogens is 252 g/mol. The molecule has 112 valence electrons. The lowest BCUT2D eigenvalue weighted by Crippen LogP contribution is -2.41. The third-order valence-corrected chi connectivity index (χ3v) is 3.77. The molecule has 0 bridgehead atoms. The van der Waals surface area contributed by atoms with Crippen molar-refractivity contribution in [3.8, 4) is 0 Å². The second kappa shape index (κ2) is 7.62. The minimum Gasteiger partial charge on any atom is -0.399 e. The van der Waals surface area contributed by atoms with Crippen LogP contribution >= 0.6 is 0 Å². The van der Waals surface area contributed by atoms with E-state index in [1.165, 1.54) is 0 Å². The van der Waals surface area contributed by atoms with Gasteiger partial charge in [-0.2, -0.15) is 0 Å². The summed E-state index contributed by atoms with van der Waals surface area (Å²) in [7, 11) is 0. The van der Waals surface area contributed by atoms with E-state index in [9.17, 15) is 5.11 Å². The van der Waals surface area contributed by atoms with Gasteiger partial charge in [-0.25, -0.2) is 0 Å². The van der Waals surface area contributed by atoms with Crippen molar-refractivity contribution in [1.82, 2.24) is 4.90 Å². The van der Waals surface area contributed by atoms with E-state index in [4.69, 9.17) is 10.5 Å². The van der Waals surface area contributed by atoms with Crippen LogP contribution in [0.5, 0.6) is 0 Å². The van der Waals surface area contributed by atoms with Crippen molar-refractivity contribution in [2.75, 3.05) is 32.0 Å². The van der Waals surface area contributed by atoms with Gasteiger partial charge < -0.3 is 15.6 Å². The highest BCUT2D eigenvalue weighted by Crippen LogP contribution is 2.19. The van der Waals surface area contributed by atoms with Gasteiger partial charge >= 0.3 is 0 Å². The Morgan fingerprint density at radius 2 is 2.15 bits per heavy atom. The first-order chi connectivity index (χ1) is 9.69. The first-order valence-corrected chi connectivity index (χ1v) is 7.56. The van der Waals surface area contributed by atoms with Crippen LogP contribution in [0.25, 0.3) is 0 Å². The van der Waals surface area contributed by atoms with Crippen LogP contribution in [0.1, 0.15) is 37.9 Å². The Morgan fingerprint density at radius 3 is 2.85 bits per heavy atom. The average Bonchev–Trinajstić information content (AvgIpc) is 2.46. The highest BCUT2D eigenvalue weighted by molar-refractivity contribution is 5.39. The van der Waals surface area contributed by atoms with E-state index in [1.54, 1.807) is 0 Å². The molecule has 1 aromatic carbocycles. The van der Waals surface area contributed by atoms with Crippen molar-refractivity contribution in [3.63, 3.8) is 0 Å². The molecule has 1 heterocycles. The van der Waals surface area contributed by atoms with E-state index >= 15 is 0 Å². The predicted molar refractivity (Wildman–Crippen MR) is 81.5 cm³/mol. The summed E-state index contributed by atoms with van der Waals surface area (Å²) in [6.45, 7) is 5.59. The Balaban J connectivity index is 1.84. The second-order valence-corrected chi connectivity index (χ2v) is 5.58. The van der Waals surface area contributed by atoms with Gasteiger partial charge in [0.05, 0.1) is 12.2 Å². The monoisotopic (exact) mass is 278 g/mol. The normalized spacial score (nSPS) is 21.8. The second-order valence-electron chi connectivity index (χ2n) is 5.58. The fourth-order valence-electron chi connectivity index (χ4n) is 2.67. The Morgan fingerprint density at radius 1 is 1.40 bits per heavy atom. The number of nitrogen functional groups attached to an aromatic ring is 1. The number of aliphatic hydroxyl groups excluding tert-OH is 1. The molecule has 1 aliphatic rings. The number of nitrogens with zero attached hydrogens (tertiary/aromatic N) is 1. The van der Waals surface area contributed by atoms with Crippen LogP contribution < -0.4 is 5.73 Å². The van der Waals surface area contributed by atoms with E-state index in [-0.39, 0.29) is 0 Å². The number of aliphatic hydroxyl groups is 1. The van der Waals surface area contributed by atoms with E-state index < -0.39 is 6.10 Å². The van der Waals surface area contributed by atoms with Crippen LogP contribution in [-0.2, 0) is 4.74 Å². The molecule has 3 N–H and O–H groups in total. The molecule has 20 heavy (non-hydrogen) atoms. The van der Waals surface area contributed by atoms with E-state index in [1.807, 2.05) is 24.3 Å². The fraction of sp³-hybridized carbons (Fsp3) is 0.625. The van der Waals surface area contributed by atoms with Gasteiger partial charge in [-0.1, -0.05) is 19.1 Å². The molecule has 0 saturated carbocycles. The van der Waals surface area contributed by atoms with Crippen LogP contribution in [0.2, 0.25) is 0 Å². The fourth-order valence-corrected chi connectivity index (χ4v) is 2.67. The summed E-state index contributed by atoms with van der Waals surface area (Å²) >= 11 is 0. The van der Waals surface area contributed by atoms with Gasteiger partial charge in [-0.15, -0.1) is 0 Å². The number of benzene rings is 1. The van der Waals surface area contributed by atoms with Gasteiger partial charge in [-0.05, 0) is 43.5 Å². The zero-order valence-corrected chi connectivity index (χ0v) is 12.3. The largest absolute Gasteiger partial charge is 0.399 e. The predicted octanol–water partition coefficient (Wildman–Crippen LogP) is 2.19. The highest BCUT2D eigenvalue weighted by atomic mass is 16.5. The van der Waals surface area contributed by atoms with Gasteiger partial charge in [0.2, 0.25) is 0 Å². The number of rotatable bonds is 6. The van der Waals surface area contributed by atoms with Crippen molar-refractivity contribution in [1.29, 1.82) is 0 Å². The third kappa shape index (κ3) is 4.47. The number of hydrogen-bond donors (Lipinski definition) is 2. The molecule has 1 aliphatic heterocycles. The van der Waals surface area contributed by atoms with Crippen LogP contribution in [0.4, 0.5) is 5.69 Å². The smallest absolute Gasteiger partial charge is 0.0916 e. The summed E-state index contributed by atoms with van der Waals surface area (Å²) < 4.78 is 5.83. The quantitative estimate of drug-likeness (QED) is 0.783. The summed E-state index contributed by atoms with van der Waals surface area (Å²) in [5.74, 6) is 0. The molecule has 2 rings (SSSR count). The first kappa shape index (κ1) is 15.3. The molecular formula is C16H26N2O2. The van der Waals surface area contributed by atoms with Gasteiger partial charge in [-0.3, -0.25) is 4.90 Å². The first-order valence-electron chi connectivity index (χ1n) is 7.56. The van der Waals surface area contributed by atoms with Crippen molar-refractivity contribution in [2.24, 2.45) is 0 Å². The maximum absolute atomic E-state index is 10.3. The molecule has 2 unspecified atom stereocenters. The molecule has 1 aromatic rings. The van der Waals surface area contributed by atoms with E-state index in [2.05, 4.69) is 11.8 Å². The van der Waals surface area contributed by atoms with Crippen molar-refractivity contribution >= 4 is 5.69 Å². The molecule has 0 aliphatic carbocycles. The number of hydrogen-bond acceptors (Lipinski definition) is 4. The zero-order valence-electron chi connectivity index (χ0n) is 12.3. The van der Waals surface area contributed by atoms with E-state index in [0.717, 1.165) is 50.2 Å². The number of β-amino-alcohol motifs (C(OH)–C–C–N with tert-alkyl or cyclic N) is 1. The van der Waals surface area contributed by atoms with Gasteiger partial charge in [0, 0.05) is 25.4 Å². The van der Waals surface area contributed by atoms with Crippen molar-refractivity contribution in [2.45, 2.75) is 38.4 Å². The third-order valence-electron chi connectivity index (χ3n) is 3.77. The van der Waals surface area contributed by atoms with Crippen LogP contribution in [-0.4, -0.2) is 42.4 Å². The summed E-state index contributed by atoms with van der Waals surface area (Å²) in [5.41, 5.74) is 7.32. The van der Waals surface area contributed by atoms with Gasteiger partial charge in [0.1, 0.15) is 0 Å². The lowest BCUT2D eigenvalue weighted by molar-refractivity contribution is -0.0119. The Bertz CT molecular complexity index is 394. The molecule has 1 fully saturated rings. The minimum absolute atomic E-state index is 0.322. The van der Waals surface area contributed by atoms with Gasteiger partial charge in [0.15, 0.2) is 0 Å². The highest BCUT2D eigenvalue weighted by Gasteiger charge is 2.22. The topological polar surface area (TPSA) is 58.7 Å². The Labute approximate surface area is 121 Å². The van der Waals surface area contributed by atoms with E-state index in [0.29, 0.717) is 12.6 Å². The maximum atomic E-state index is 10.3. The van der Waals surface area contributed by atoms with Crippen LogP contribution in [0.3, 0.4) is 0 Å². The zero-order chi connectivity index (χ0) is 14.4. The average molecular weight is 278 g/mol. The number of anilines is 1. The standard InChI is InChI=1S/C16H26N2O2/c1-2-10-20-15-4-3-9-18(11-15)12-16(19)13-5-7-14(17)8-6-13/h5-8,15-16,19H,2-4,9-12,17H2,1H3. The maximum Gasteiger partial charge on any atom is 0.0916 e. The molecule has 1 saturated heterocycles. The minimum atomic E-state index is -0.458. The molecule has 2 atom stereocenters. The summed E-state index contributed by atoms with van der Waals surface area (Å²) in [6, 6.07) is 7.47. The number of piperidine rings is 1. The molecule has 0 amide bonds. The number of nitrogens with two attached hydrogens (primary N) is 1. The number of ether oxygens (including phenoxy) is 1. The van der Waals surface area contributed by atoms with Crippen molar-refractivity contribution < 1.29 is 9.84 Å². The number of likely N-dealkylation sites (tertiary alicyclic amines) is 1. The lowest BCUT2D eigenvalue weighted by Gasteiger charge is -2.33. The van der Waals surface area contributed by atoms with Crippen LogP contribution in [0, 0.1) is 0 Å². The molecule has 0 spiro atoms. The Kier molecular flexibility index (Phi) is 5.83. The molecule has 0 radical (unpaired) electrons. The summed E-state index contributed by atoms with van der Waals surface area (Å²) in [4.78, 5) is 2.30. The van der Waals surface area contributed by atoms with Crippen LogP contribution in [0.15, 0.2) is 24.3 Å². The molecule has 4 nitrogen and oxygen atoms in total. The summed E-state index contributed by atoms with van der Waals surface area (Å²) in [5, 5.41) is 10.3. The molecule has 4 heteroatoms. The molecule has 0 aromatic heterocycles. The lowest BCUT2D eigenvalue weighted by atomic mass is 10.0. The van der Waals surface area contributed by atoms with Gasteiger partial charge in [0.25, 0.3) is 0 Å². The van der Waals surface area contributed by atoms with Crippen molar-refractivity contribution in [3.05, 3.63) is 29.8 Å². The summed E-state index contributed by atoms with van der Waals surface area (Å²) in [6.07, 6.45) is 3.20.